The maximum atomic E-state index is 12.3. The Balaban J connectivity index is 2.13. The highest BCUT2D eigenvalue weighted by Gasteiger charge is 2.51. The Labute approximate surface area is 106 Å². The predicted octanol–water partition coefficient (Wildman–Crippen LogP) is 2.20. The molecule has 0 aromatic heterocycles. The lowest BCUT2D eigenvalue weighted by Gasteiger charge is -2.31. The van der Waals surface area contributed by atoms with Gasteiger partial charge in [0.05, 0.1) is 7.11 Å². The first-order valence-electron chi connectivity index (χ1n) is 6.42. The summed E-state index contributed by atoms with van der Waals surface area (Å²) in [5.41, 5.74) is 1.20. The zero-order chi connectivity index (χ0) is 12.8. The molecule has 94 valence electrons. The molecular formula is C15H16O3. The van der Waals surface area contributed by atoms with Gasteiger partial charge in [0.25, 0.3) is 0 Å². The summed E-state index contributed by atoms with van der Waals surface area (Å²) in [6.07, 6.45) is 3.23. The molecule has 0 aliphatic heterocycles. The van der Waals surface area contributed by atoms with Gasteiger partial charge in [-0.25, -0.2) is 0 Å². The summed E-state index contributed by atoms with van der Waals surface area (Å²) in [7, 11) is 1.63. The normalized spacial score (nSPS) is 21.2. The highest BCUT2D eigenvalue weighted by atomic mass is 16.5. The number of carbonyl (C=O) groups excluding carboxylic acids is 2. The van der Waals surface area contributed by atoms with Crippen LogP contribution in [0.5, 0.6) is 5.75 Å². The lowest BCUT2D eigenvalue weighted by Crippen LogP contribution is -2.44. The smallest absolute Gasteiger partial charge is 0.150 e. The number of Topliss-reactive ketones (excluding diaryl/α,β-unsaturated/α-hetero) is 2. The molecule has 1 aromatic carbocycles. The molecule has 0 amide bonds. The van der Waals surface area contributed by atoms with Gasteiger partial charge in [0.2, 0.25) is 0 Å². The average molecular weight is 244 g/mol. The van der Waals surface area contributed by atoms with Crippen LogP contribution in [0.4, 0.5) is 0 Å². The Kier molecular flexibility index (Phi) is 2.51. The standard InChI is InChI=1S/C15H16O3/c1-18-11-5-6-12-10(9-11)7-8-15(12)13(16)3-2-4-14(15)17/h5-6,9H,2-4,7-8H2,1H3. The second-order valence-electron chi connectivity index (χ2n) is 5.13. The zero-order valence-corrected chi connectivity index (χ0v) is 10.5. The van der Waals surface area contributed by atoms with Crippen molar-refractivity contribution in [2.45, 2.75) is 37.5 Å². The van der Waals surface area contributed by atoms with Crippen LogP contribution in [-0.4, -0.2) is 18.7 Å². The minimum atomic E-state index is -0.820. The predicted molar refractivity (Wildman–Crippen MR) is 66.9 cm³/mol. The Hall–Kier alpha value is -1.64. The minimum Gasteiger partial charge on any atom is -0.497 e. The second kappa shape index (κ2) is 3.94. The van der Waals surface area contributed by atoms with Crippen molar-refractivity contribution in [3.63, 3.8) is 0 Å². The largest absolute Gasteiger partial charge is 0.497 e. The Bertz CT molecular complexity index is 515. The molecule has 0 bridgehead atoms. The second-order valence-corrected chi connectivity index (χ2v) is 5.13. The molecule has 1 fully saturated rings. The van der Waals surface area contributed by atoms with Crippen LogP contribution >= 0.6 is 0 Å². The number of methoxy groups -OCH3 is 1. The Morgan fingerprint density at radius 1 is 1.11 bits per heavy atom. The number of ether oxygens (including phenoxy) is 1. The summed E-state index contributed by atoms with van der Waals surface area (Å²) >= 11 is 0. The molecule has 18 heavy (non-hydrogen) atoms. The van der Waals surface area contributed by atoms with Crippen molar-refractivity contribution in [2.75, 3.05) is 7.11 Å². The third-order valence-electron chi connectivity index (χ3n) is 4.30. The molecule has 0 N–H and O–H groups in total. The van der Waals surface area contributed by atoms with Gasteiger partial charge in [0.15, 0.2) is 11.6 Å². The third-order valence-corrected chi connectivity index (χ3v) is 4.30. The van der Waals surface area contributed by atoms with Gasteiger partial charge in [-0.15, -0.1) is 0 Å². The van der Waals surface area contributed by atoms with Crippen molar-refractivity contribution in [1.82, 2.24) is 0 Å². The molecule has 2 aliphatic carbocycles. The molecule has 1 aromatic rings. The molecule has 0 heterocycles. The molecule has 0 radical (unpaired) electrons. The van der Waals surface area contributed by atoms with Gasteiger partial charge < -0.3 is 4.74 Å². The summed E-state index contributed by atoms with van der Waals surface area (Å²) in [5, 5.41) is 0. The summed E-state index contributed by atoms with van der Waals surface area (Å²) in [5.74, 6) is 1.02. The number of rotatable bonds is 1. The van der Waals surface area contributed by atoms with E-state index in [4.69, 9.17) is 4.74 Å². The SMILES string of the molecule is COc1ccc2c(c1)CCC21C(=O)CCCC1=O. The minimum absolute atomic E-state index is 0.114. The fraction of sp³-hybridized carbons (Fsp3) is 0.467. The van der Waals surface area contributed by atoms with Gasteiger partial charge in [-0.2, -0.15) is 0 Å². The van der Waals surface area contributed by atoms with Gasteiger partial charge in [-0.1, -0.05) is 6.07 Å². The number of hydrogen-bond donors (Lipinski definition) is 0. The summed E-state index contributed by atoms with van der Waals surface area (Å²) < 4.78 is 5.20. The first-order chi connectivity index (χ1) is 8.68. The van der Waals surface area contributed by atoms with E-state index in [1.165, 1.54) is 0 Å². The van der Waals surface area contributed by atoms with Crippen LogP contribution in [0, 0.1) is 0 Å². The fourth-order valence-electron chi connectivity index (χ4n) is 3.35. The number of fused-ring (bicyclic) bond motifs is 2. The Morgan fingerprint density at radius 2 is 1.83 bits per heavy atom. The number of benzene rings is 1. The van der Waals surface area contributed by atoms with E-state index in [-0.39, 0.29) is 11.6 Å². The highest BCUT2D eigenvalue weighted by Crippen LogP contribution is 2.45. The lowest BCUT2D eigenvalue weighted by atomic mass is 9.68. The average Bonchev–Trinajstić information content (AvgIpc) is 2.76. The van der Waals surface area contributed by atoms with Crippen molar-refractivity contribution in [3.8, 4) is 5.75 Å². The van der Waals surface area contributed by atoms with Crippen molar-refractivity contribution in [2.24, 2.45) is 0 Å². The van der Waals surface area contributed by atoms with E-state index in [1.54, 1.807) is 7.11 Å². The third kappa shape index (κ3) is 1.36. The van der Waals surface area contributed by atoms with Crippen LogP contribution in [0.1, 0.15) is 36.8 Å². The molecule has 3 rings (SSSR count). The molecule has 1 saturated carbocycles. The molecule has 3 nitrogen and oxygen atoms in total. The van der Waals surface area contributed by atoms with Gasteiger partial charge >= 0.3 is 0 Å². The molecular weight excluding hydrogens is 228 g/mol. The summed E-state index contributed by atoms with van der Waals surface area (Å²) in [6, 6.07) is 5.71. The maximum absolute atomic E-state index is 12.3. The monoisotopic (exact) mass is 244 g/mol. The molecule has 1 spiro atoms. The summed E-state index contributed by atoms with van der Waals surface area (Å²) in [6.45, 7) is 0. The summed E-state index contributed by atoms with van der Waals surface area (Å²) in [4.78, 5) is 24.6. The van der Waals surface area contributed by atoms with E-state index in [0.29, 0.717) is 25.7 Å². The molecule has 3 heteroatoms. The van der Waals surface area contributed by atoms with E-state index >= 15 is 0 Å². The first-order valence-corrected chi connectivity index (χ1v) is 6.42. The molecule has 0 atom stereocenters. The van der Waals surface area contributed by atoms with Crippen molar-refractivity contribution < 1.29 is 14.3 Å². The number of carbonyl (C=O) groups is 2. The van der Waals surface area contributed by atoms with Crippen molar-refractivity contribution >= 4 is 11.6 Å². The number of aryl methyl sites for hydroxylation is 1. The van der Waals surface area contributed by atoms with Crippen LogP contribution < -0.4 is 4.74 Å². The van der Waals surface area contributed by atoms with Crippen LogP contribution in [0.25, 0.3) is 0 Å². The van der Waals surface area contributed by atoms with Crippen molar-refractivity contribution in [1.29, 1.82) is 0 Å². The van der Waals surface area contributed by atoms with Crippen LogP contribution in [0.3, 0.4) is 0 Å². The van der Waals surface area contributed by atoms with E-state index in [1.807, 2.05) is 18.2 Å². The quantitative estimate of drug-likeness (QED) is 0.711. The van der Waals surface area contributed by atoms with Gasteiger partial charge in [0.1, 0.15) is 11.2 Å². The molecule has 0 saturated heterocycles. The maximum Gasteiger partial charge on any atom is 0.150 e. The fourth-order valence-corrected chi connectivity index (χ4v) is 3.35. The van der Waals surface area contributed by atoms with E-state index in [9.17, 15) is 9.59 Å². The van der Waals surface area contributed by atoms with Crippen LogP contribution in [0.2, 0.25) is 0 Å². The van der Waals surface area contributed by atoms with Crippen molar-refractivity contribution in [3.05, 3.63) is 29.3 Å². The lowest BCUT2D eigenvalue weighted by molar-refractivity contribution is -0.138. The number of hydrogen-bond acceptors (Lipinski definition) is 3. The van der Waals surface area contributed by atoms with Gasteiger partial charge in [-0.05, 0) is 42.5 Å². The highest BCUT2D eigenvalue weighted by molar-refractivity contribution is 6.15. The van der Waals surface area contributed by atoms with Gasteiger partial charge in [-0.3, -0.25) is 9.59 Å². The Morgan fingerprint density at radius 3 is 2.50 bits per heavy atom. The van der Waals surface area contributed by atoms with Crippen LogP contribution in [-0.2, 0) is 21.4 Å². The van der Waals surface area contributed by atoms with Gasteiger partial charge in [0, 0.05) is 12.8 Å². The van der Waals surface area contributed by atoms with E-state index < -0.39 is 5.41 Å². The first kappa shape index (κ1) is 11.5. The molecule has 0 unspecified atom stereocenters. The van der Waals surface area contributed by atoms with E-state index in [0.717, 1.165) is 23.3 Å². The van der Waals surface area contributed by atoms with E-state index in [2.05, 4.69) is 0 Å². The topological polar surface area (TPSA) is 43.4 Å². The zero-order valence-electron chi connectivity index (χ0n) is 10.5. The molecule has 2 aliphatic rings. The number of ketones is 2. The van der Waals surface area contributed by atoms with Crippen LogP contribution in [0.15, 0.2) is 18.2 Å².